The Kier molecular flexibility index (Phi) is 7.01. The standard InChI is InChI=1S/C20H24ClNO4S2/c1-15-12-16(21)6-7-19(15)26-9-2-5-20(23)22(13-18-4-3-10-27-18)17-8-11-28(24,25)14-17/h3-4,6-7,10,12,17H,2,5,8-9,11,13-14H2,1H3/t17-/m1/s1. The Balaban J connectivity index is 1.56. The molecule has 5 nitrogen and oxygen atoms in total. The van der Waals surface area contributed by atoms with E-state index in [0.29, 0.717) is 37.4 Å². The number of nitrogens with zero attached hydrogens (tertiary/aromatic N) is 1. The molecule has 2 heterocycles. The molecule has 2 aromatic rings. The molecule has 1 aliphatic heterocycles. The van der Waals surface area contributed by atoms with E-state index in [1.54, 1.807) is 22.3 Å². The number of sulfone groups is 1. The molecule has 28 heavy (non-hydrogen) atoms. The molecule has 1 atom stereocenters. The molecule has 1 aromatic heterocycles. The zero-order valence-electron chi connectivity index (χ0n) is 15.8. The number of hydrogen-bond donors (Lipinski definition) is 0. The second kappa shape index (κ2) is 9.29. The van der Waals surface area contributed by atoms with Crippen molar-refractivity contribution in [3.63, 3.8) is 0 Å². The Hall–Kier alpha value is -1.57. The van der Waals surface area contributed by atoms with Gasteiger partial charge in [-0.15, -0.1) is 11.3 Å². The van der Waals surface area contributed by atoms with Gasteiger partial charge in [0, 0.05) is 22.4 Å². The lowest BCUT2D eigenvalue weighted by atomic mass is 10.2. The number of thiophene rings is 1. The highest BCUT2D eigenvalue weighted by Crippen LogP contribution is 2.24. The summed E-state index contributed by atoms with van der Waals surface area (Å²) in [6.07, 6.45) is 1.41. The Labute approximate surface area is 175 Å². The Morgan fingerprint density at radius 1 is 1.36 bits per heavy atom. The summed E-state index contributed by atoms with van der Waals surface area (Å²) >= 11 is 7.52. The fourth-order valence-electron chi connectivity index (χ4n) is 3.34. The van der Waals surface area contributed by atoms with E-state index in [-0.39, 0.29) is 23.5 Å². The molecule has 152 valence electrons. The van der Waals surface area contributed by atoms with E-state index < -0.39 is 9.84 Å². The lowest BCUT2D eigenvalue weighted by Crippen LogP contribution is -2.40. The van der Waals surface area contributed by atoms with Crippen molar-refractivity contribution in [2.45, 2.75) is 38.8 Å². The van der Waals surface area contributed by atoms with Gasteiger partial charge in [0.05, 0.1) is 24.7 Å². The van der Waals surface area contributed by atoms with E-state index in [2.05, 4.69) is 0 Å². The van der Waals surface area contributed by atoms with Crippen LogP contribution in [0.5, 0.6) is 5.75 Å². The first kappa shape index (κ1) is 21.1. The first-order valence-corrected chi connectivity index (χ1v) is 12.3. The van der Waals surface area contributed by atoms with Crippen LogP contribution in [-0.2, 0) is 21.2 Å². The van der Waals surface area contributed by atoms with Gasteiger partial charge in [0.2, 0.25) is 5.91 Å². The number of carbonyl (C=O) groups excluding carboxylic acids is 1. The summed E-state index contributed by atoms with van der Waals surface area (Å²) in [6, 6.07) is 9.12. The van der Waals surface area contributed by atoms with Gasteiger partial charge in [-0.1, -0.05) is 17.7 Å². The summed E-state index contributed by atoms with van der Waals surface area (Å²) in [6.45, 7) is 2.81. The largest absolute Gasteiger partial charge is 0.493 e. The molecule has 1 saturated heterocycles. The molecule has 1 fully saturated rings. The lowest BCUT2D eigenvalue weighted by Gasteiger charge is -2.28. The molecule has 0 unspecified atom stereocenters. The zero-order valence-corrected chi connectivity index (χ0v) is 18.2. The van der Waals surface area contributed by atoms with Gasteiger partial charge in [-0.05, 0) is 55.0 Å². The maximum atomic E-state index is 12.9. The van der Waals surface area contributed by atoms with Crippen LogP contribution in [0.2, 0.25) is 5.02 Å². The van der Waals surface area contributed by atoms with E-state index in [1.807, 2.05) is 36.6 Å². The molecular formula is C20H24ClNO4S2. The van der Waals surface area contributed by atoms with Crippen molar-refractivity contribution in [2.75, 3.05) is 18.1 Å². The van der Waals surface area contributed by atoms with Crippen LogP contribution in [0.25, 0.3) is 0 Å². The van der Waals surface area contributed by atoms with Gasteiger partial charge in [-0.2, -0.15) is 0 Å². The molecule has 8 heteroatoms. The molecule has 1 amide bonds. The molecule has 3 rings (SSSR count). The van der Waals surface area contributed by atoms with E-state index >= 15 is 0 Å². The number of ether oxygens (including phenoxy) is 1. The monoisotopic (exact) mass is 441 g/mol. The van der Waals surface area contributed by atoms with Crippen LogP contribution < -0.4 is 4.74 Å². The van der Waals surface area contributed by atoms with E-state index in [4.69, 9.17) is 16.3 Å². The summed E-state index contributed by atoms with van der Waals surface area (Å²) in [5.74, 6) is 0.955. The third kappa shape index (κ3) is 5.72. The first-order chi connectivity index (χ1) is 13.3. The van der Waals surface area contributed by atoms with Crippen LogP contribution in [0, 0.1) is 6.92 Å². The van der Waals surface area contributed by atoms with E-state index in [1.165, 1.54) is 0 Å². The maximum absolute atomic E-state index is 12.9. The Morgan fingerprint density at radius 3 is 2.82 bits per heavy atom. The maximum Gasteiger partial charge on any atom is 0.223 e. The number of amides is 1. The van der Waals surface area contributed by atoms with E-state index in [0.717, 1.165) is 16.2 Å². The topological polar surface area (TPSA) is 63.7 Å². The number of aryl methyl sites for hydroxylation is 1. The van der Waals surface area contributed by atoms with Gasteiger partial charge in [0.15, 0.2) is 9.84 Å². The molecule has 1 aromatic carbocycles. The minimum absolute atomic E-state index is 0.0214. The minimum Gasteiger partial charge on any atom is -0.493 e. The Morgan fingerprint density at radius 2 is 2.18 bits per heavy atom. The molecule has 0 spiro atoms. The predicted octanol–water partition coefficient (Wildman–Crippen LogP) is 4.08. The average molecular weight is 442 g/mol. The quantitative estimate of drug-likeness (QED) is 0.579. The van der Waals surface area contributed by atoms with Crippen LogP contribution in [0.3, 0.4) is 0 Å². The minimum atomic E-state index is -3.05. The summed E-state index contributed by atoms with van der Waals surface area (Å²) in [7, 11) is -3.05. The van der Waals surface area contributed by atoms with Gasteiger partial charge in [-0.3, -0.25) is 4.79 Å². The average Bonchev–Trinajstić information content (AvgIpc) is 3.27. The number of hydrogen-bond acceptors (Lipinski definition) is 5. The van der Waals surface area contributed by atoms with E-state index in [9.17, 15) is 13.2 Å². The van der Waals surface area contributed by atoms with Crippen molar-refractivity contribution in [1.82, 2.24) is 4.90 Å². The summed E-state index contributed by atoms with van der Waals surface area (Å²) in [5, 5.41) is 2.63. The van der Waals surface area contributed by atoms with Gasteiger partial charge in [0.1, 0.15) is 5.75 Å². The van der Waals surface area contributed by atoms with Crippen LogP contribution in [0.1, 0.15) is 29.7 Å². The molecule has 0 bridgehead atoms. The lowest BCUT2D eigenvalue weighted by molar-refractivity contribution is -0.134. The van der Waals surface area contributed by atoms with Gasteiger partial charge in [0.25, 0.3) is 0 Å². The second-order valence-corrected chi connectivity index (χ2v) is 10.7. The number of rotatable bonds is 8. The highest BCUT2D eigenvalue weighted by molar-refractivity contribution is 7.91. The second-order valence-electron chi connectivity index (χ2n) is 7.02. The van der Waals surface area contributed by atoms with Crippen molar-refractivity contribution >= 4 is 38.7 Å². The smallest absolute Gasteiger partial charge is 0.223 e. The Bertz CT molecular complexity index is 912. The summed E-state index contributed by atoms with van der Waals surface area (Å²) < 4.78 is 29.5. The van der Waals surface area contributed by atoms with Gasteiger partial charge in [-0.25, -0.2) is 8.42 Å². The van der Waals surface area contributed by atoms with Crippen LogP contribution in [0.4, 0.5) is 0 Å². The molecule has 1 aliphatic rings. The number of benzene rings is 1. The van der Waals surface area contributed by atoms with Crippen molar-refractivity contribution < 1.29 is 17.9 Å². The van der Waals surface area contributed by atoms with Crippen LogP contribution in [0.15, 0.2) is 35.7 Å². The molecular weight excluding hydrogens is 418 g/mol. The van der Waals surface area contributed by atoms with Crippen molar-refractivity contribution in [1.29, 1.82) is 0 Å². The zero-order chi connectivity index (χ0) is 20.1. The van der Waals surface area contributed by atoms with Crippen LogP contribution in [-0.4, -0.2) is 43.4 Å². The molecule has 0 saturated carbocycles. The fraction of sp³-hybridized carbons (Fsp3) is 0.450. The highest BCUT2D eigenvalue weighted by Gasteiger charge is 2.34. The summed E-state index contributed by atoms with van der Waals surface area (Å²) in [4.78, 5) is 15.7. The predicted molar refractivity (Wildman–Crippen MR) is 113 cm³/mol. The third-order valence-electron chi connectivity index (χ3n) is 4.81. The molecule has 0 radical (unpaired) electrons. The molecule has 0 aliphatic carbocycles. The van der Waals surface area contributed by atoms with Crippen LogP contribution >= 0.6 is 22.9 Å². The van der Waals surface area contributed by atoms with Gasteiger partial charge < -0.3 is 9.64 Å². The SMILES string of the molecule is Cc1cc(Cl)ccc1OCCCC(=O)N(Cc1cccs1)[C@@H]1CCS(=O)(=O)C1. The van der Waals surface area contributed by atoms with Crippen molar-refractivity contribution in [2.24, 2.45) is 0 Å². The third-order valence-corrected chi connectivity index (χ3v) is 7.65. The molecule has 0 N–H and O–H groups in total. The number of halogens is 1. The first-order valence-electron chi connectivity index (χ1n) is 9.25. The normalized spacial score (nSPS) is 18.1. The number of carbonyl (C=O) groups is 1. The summed E-state index contributed by atoms with van der Waals surface area (Å²) in [5.41, 5.74) is 0.953. The van der Waals surface area contributed by atoms with Crippen molar-refractivity contribution in [3.05, 3.63) is 51.2 Å². The van der Waals surface area contributed by atoms with Crippen molar-refractivity contribution in [3.8, 4) is 5.75 Å². The van der Waals surface area contributed by atoms with Gasteiger partial charge >= 0.3 is 0 Å². The highest BCUT2D eigenvalue weighted by atomic mass is 35.5. The fourth-order valence-corrected chi connectivity index (χ4v) is 6.00.